The third-order valence-corrected chi connectivity index (χ3v) is 2.96. The summed E-state index contributed by atoms with van der Waals surface area (Å²) in [6.45, 7) is 7.00. The molecule has 0 saturated carbocycles. The van der Waals surface area contributed by atoms with E-state index in [9.17, 15) is 0 Å². The predicted molar refractivity (Wildman–Crippen MR) is 81.2 cm³/mol. The van der Waals surface area contributed by atoms with E-state index in [1.165, 1.54) is 0 Å². The van der Waals surface area contributed by atoms with Gasteiger partial charge in [-0.15, -0.1) is 0 Å². The smallest absolute Gasteiger partial charge is 0.130 e. The van der Waals surface area contributed by atoms with Crippen LogP contribution in [0.5, 0.6) is 5.75 Å². The summed E-state index contributed by atoms with van der Waals surface area (Å²) in [6, 6.07) is 5.61. The Morgan fingerprint density at radius 1 is 1.33 bits per heavy atom. The molecule has 0 aliphatic carbocycles. The Morgan fingerprint density at radius 3 is 2.56 bits per heavy atom. The number of rotatable bonds is 5. The largest absolute Gasteiger partial charge is 0.490 e. The maximum absolute atomic E-state index is 5.68. The molecule has 0 aliphatic heterocycles. The van der Waals surface area contributed by atoms with Crippen LogP contribution in [0.25, 0.3) is 0 Å². The minimum Gasteiger partial charge on any atom is -0.490 e. The van der Waals surface area contributed by atoms with Crippen molar-refractivity contribution in [3.8, 4) is 5.75 Å². The Balaban J connectivity index is 2.63. The quantitative estimate of drug-likeness (QED) is 0.664. The molecule has 100 valence electrons. The van der Waals surface area contributed by atoms with Gasteiger partial charge in [-0.3, -0.25) is 0 Å². The molecule has 0 fully saturated rings. The van der Waals surface area contributed by atoms with Gasteiger partial charge < -0.3 is 15.2 Å². The van der Waals surface area contributed by atoms with Gasteiger partial charge in [0.2, 0.25) is 0 Å². The third-order valence-electron chi connectivity index (χ3n) is 2.10. The average molecular weight is 332 g/mol. The summed E-state index contributed by atoms with van der Waals surface area (Å²) in [4.78, 5) is 0.314. The van der Waals surface area contributed by atoms with E-state index in [0.29, 0.717) is 24.0 Å². The summed E-state index contributed by atoms with van der Waals surface area (Å²) in [7, 11) is 0. The zero-order valence-electron chi connectivity index (χ0n) is 10.8. The van der Waals surface area contributed by atoms with Gasteiger partial charge >= 0.3 is 0 Å². The molecule has 0 heterocycles. The van der Waals surface area contributed by atoms with Gasteiger partial charge in [0.15, 0.2) is 0 Å². The van der Waals surface area contributed by atoms with E-state index in [1.807, 2.05) is 39.0 Å². The second-order valence-corrected chi connectivity index (χ2v) is 6.08. The Bertz CT molecular complexity index is 429. The van der Waals surface area contributed by atoms with Crippen molar-refractivity contribution < 1.29 is 9.47 Å². The van der Waals surface area contributed by atoms with Gasteiger partial charge in [0.05, 0.1) is 17.8 Å². The maximum Gasteiger partial charge on any atom is 0.130 e. The lowest BCUT2D eigenvalue weighted by Crippen LogP contribution is -2.23. The van der Waals surface area contributed by atoms with Gasteiger partial charge in [-0.2, -0.15) is 0 Å². The molecule has 5 heteroatoms. The van der Waals surface area contributed by atoms with Crippen LogP contribution in [0.15, 0.2) is 22.7 Å². The van der Waals surface area contributed by atoms with Gasteiger partial charge in [-0.1, -0.05) is 18.3 Å². The molecule has 0 amide bonds. The number of thiocarbonyl (C=S) groups is 1. The molecule has 3 nitrogen and oxygen atoms in total. The highest BCUT2D eigenvalue weighted by atomic mass is 79.9. The SMILES string of the molecule is CC(C)(C)OCCOc1cccc(Br)c1C(N)=S. The molecule has 1 rings (SSSR count). The zero-order chi connectivity index (χ0) is 13.8. The topological polar surface area (TPSA) is 44.5 Å². The van der Waals surface area contributed by atoms with E-state index in [-0.39, 0.29) is 5.60 Å². The van der Waals surface area contributed by atoms with Crippen LogP contribution in [-0.2, 0) is 4.74 Å². The van der Waals surface area contributed by atoms with Crippen molar-refractivity contribution in [2.45, 2.75) is 26.4 Å². The lowest BCUT2D eigenvalue weighted by atomic mass is 10.2. The molecule has 0 saturated heterocycles. The van der Waals surface area contributed by atoms with Crippen LogP contribution in [0.2, 0.25) is 0 Å². The molecule has 2 N–H and O–H groups in total. The molecule has 0 spiro atoms. The Kier molecular flexibility index (Phi) is 5.56. The van der Waals surface area contributed by atoms with Crippen LogP contribution in [0.4, 0.5) is 0 Å². The summed E-state index contributed by atoms with van der Waals surface area (Å²) < 4.78 is 12.1. The van der Waals surface area contributed by atoms with Crippen molar-refractivity contribution in [2.24, 2.45) is 5.73 Å². The van der Waals surface area contributed by atoms with E-state index in [2.05, 4.69) is 15.9 Å². The number of benzene rings is 1. The molecule has 0 aromatic heterocycles. The summed E-state index contributed by atoms with van der Waals surface area (Å²) in [6.07, 6.45) is 0. The van der Waals surface area contributed by atoms with Crippen molar-refractivity contribution in [1.29, 1.82) is 0 Å². The standard InChI is InChI=1S/C13H18BrNO2S/c1-13(2,3)17-8-7-16-10-6-4-5-9(14)11(10)12(15)18/h4-6H,7-8H2,1-3H3,(H2,15,18). The maximum atomic E-state index is 5.68. The fourth-order valence-corrected chi connectivity index (χ4v) is 2.27. The van der Waals surface area contributed by atoms with Crippen LogP contribution in [0.1, 0.15) is 26.3 Å². The number of ether oxygens (including phenoxy) is 2. The van der Waals surface area contributed by atoms with Gasteiger partial charge in [0.25, 0.3) is 0 Å². The molecule has 0 atom stereocenters. The lowest BCUT2D eigenvalue weighted by Gasteiger charge is -2.20. The normalized spacial score (nSPS) is 11.3. The van der Waals surface area contributed by atoms with E-state index >= 15 is 0 Å². The summed E-state index contributed by atoms with van der Waals surface area (Å²) in [5, 5.41) is 0. The number of hydrogen-bond donors (Lipinski definition) is 1. The van der Waals surface area contributed by atoms with Crippen LogP contribution >= 0.6 is 28.1 Å². The molecule has 0 unspecified atom stereocenters. The van der Waals surface area contributed by atoms with Crippen LogP contribution in [0, 0.1) is 0 Å². The van der Waals surface area contributed by atoms with E-state index in [0.717, 1.165) is 10.0 Å². The first-order valence-electron chi connectivity index (χ1n) is 5.66. The first-order chi connectivity index (χ1) is 8.31. The van der Waals surface area contributed by atoms with Crippen molar-refractivity contribution in [2.75, 3.05) is 13.2 Å². The van der Waals surface area contributed by atoms with Gasteiger partial charge in [0, 0.05) is 4.47 Å². The monoisotopic (exact) mass is 331 g/mol. The first kappa shape index (κ1) is 15.4. The predicted octanol–water partition coefficient (Wildman–Crippen LogP) is 3.28. The molecule has 0 bridgehead atoms. The molecule has 1 aromatic carbocycles. The minimum absolute atomic E-state index is 0.160. The van der Waals surface area contributed by atoms with Gasteiger partial charge in [0.1, 0.15) is 17.3 Å². The highest BCUT2D eigenvalue weighted by Crippen LogP contribution is 2.26. The number of hydrogen-bond acceptors (Lipinski definition) is 3. The van der Waals surface area contributed by atoms with Crippen molar-refractivity contribution >= 4 is 33.1 Å². The summed E-state index contributed by atoms with van der Waals surface area (Å²) in [5.74, 6) is 0.675. The Hall–Kier alpha value is -0.650. The Morgan fingerprint density at radius 2 is 2.00 bits per heavy atom. The summed E-state index contributed by atoms with van der Waals surface area (Å²) >= 11 is 8.42. The average Bonchev–Trinajstić information content (AvgIpc) is 2.22. The van der Waals surface area contributed by atoms with Crippen LogP contribution < -0.4 is 10.5 Å². The van der Waals surface area contributed by atoms with Crippen LogP contribution in [0.3, 0.4) is 0 Å². The first-order valence-corrected chi connectivity index (χ1v) is 6.86. The number of halogens is 1. The van der Waals surface area contributed by atoms with Gasteiger partial charge in [-0.05, 0) is 48.8 Å². The highest BCUT2D eigenvalue weighted by molar-refractivity contribution is 9.10. The van der Waals surface area contributed by atoms with E-state index in [4.69, 9.17) is 27.4 Å². The second kappa shape index (κ2) is 6.50. The molecular weight excluding hydrogens is 314 g/mol. The van der Waals surface area contributed by atoms with Crippen molar-refractivity contribution in [3.63, 3.8) is 0 Å². The molecule has 18 heavy (non-hydrogen) atoms. The zero-order valence-corrected chi connectivity index (χ0v) is 13.2. The lowest BCUT2D eigenvalue weighted by molar-refractivity contribution is -0.0163. The van der Waals surface area contributed by atoms with Crippen molar-refractivity contribution in [1.82, 2.24) is 0 Å². The molecule has 1 aromatic rings. The van der Waals surface area contributed by atoms with E-state index in [1.54, 1.807) is 0 Å². The minimum atomic E-state index is -0.160. The second-order valence-electron chi connectivity index (χ2n) is 4.79. The van der Waals surface area contributed by atoms with Crippen molar-refractivity contribution in [3.05, 3.63) is 28.2 Å². The van der Waals surface area contributed by atoms with Crippen LogP contribution in [-0.4, -0.2) is 23.8 Å². The fraction of sp³-hybridized carbons (Fsp3) is 0.462. The molecular formula is C13H18BrNO2S. The van der Waals surface area contributed by atoms with Gasteiger partial charge in [-0.25, -0.2) is 0 Å². The molecule has 0 radical (unpaired) electrons. The number of nitrogens with two attached hydrogens (primary N) is 1. The molecule has 0 aliphatic rings. The van der Waals surface area contributed by atoms with E-state index < -0.39 is 0 Å². The third kappa shape index (κ3) is 4.92. The fourth-order valence-electron chi connectivity index (χ4n) is 1.36. The highest BCUT2D eigenvalue weighted by Gasteiger charge is 2.12. The summed E-state index contributed by atoms with van der Waals surface area (Å²) in [5.41, 5.74) is 6.24. The Labute approximate surface area is 122 Å².